The van der Waals surface area contributed by atoms with Crippen LogP contribution in [0.15, 0.2) is 18.2 Å². The molecule has 1 aromatic rings. The summed E-state index contributed by atoms with van der Waals surface area (Å²) in [6.07, 6.45) is -0.577. The van der Waals surface area contributed by atoms with E-state index in [-0.39, 0.29) is 0 Å². The Morgan fingerprint density at radius 1 is 1.05 bits per heavy atom. The number of methoxy groups -OCH3 is 2. The average Bonchev–Trinajstić information content (AvgIpc) is 2.45. The first kappa shape index (κ1) is 17.8. The van der Waals surface area contributed by atoms with E-state index < -0.39 is 6.10 Å². The Kier molecular flexibility index (Phi) is 6.99. The summed E-state index contributed by atoms with van der Waals surface area (Å²) in [5, 5.41) is 10.6. The Morgan fingerprint density at radius 3 is 2.19 bits per heavy atom. The summed E-state index contributed by atoms with van der Waals surface area (Å²) in [5.74, 6) is 1.96. The molecule has 0 aliphatic rings. The van der Waals surface area contributed by atoms with E-state index in [0.717, 1.165) is 17.9 Å². The van der Waals surface area contributed by atoms with Crippen molar-refractivity contribution in [3.63, 3.8) is 0 Å². The van der Waals surface area contributed by atoms with Crippen LogP contribution in [0.2, 0.25) is 0 Å². The minimum Gasteiger partial charge on any atom is -0.497 e. The maximum Gasteiger partial charge on any atom is 0.128 e. The Morgan fingerprint density at radius 2 is 1.71 bits per heavy atom. The van der Waals surface area contributed by atoms with E-state index in [1.54, 1.807) is 20.3 Å². The van der Waals surface area contributed by atoms with Crippen molar-refractivity contribution in [3.8, 4) is 11.5 Å². The van der Waals surface area contributed by atoms with E-state index in [0.29, 0.717) is 24.3 Å². The molecule has 1 unspecified atom stereocenters. The maximum absolute atomic E-state index is 10.6. The second-order valence-electron chi connectivity index (χ2n) is 6.07. The van der Waals surface area contributed by atoms with Crippen LogP contribution in [0.25, 0.3) is 0 Å². The van der Waals surface area contributed by atoms with Crippen molar-refractivity contribution in [2.75, 3.05) is 27.3 Å². The molecule has 0 saturated heterocycles. The molecule has 21 heavy (non-hydrogen) atoms. The lowest BCUT2D eigenvalue weighted by Crippen LogP contribution is -2.37. The number of hydrogen-bond donors (Lipinski definition) is 1. The average molecular weight is 295 g/mol. The molecule has 0 radical (unpaired) electrons. The van der Waals surface area contributed by atoms with Gasteiger partial charge in [-0.25, -0.2) is 0 Å². The number of aliphatic hydroxyl groups is 1. The predicted molar refractivity (Wildman–Crippen MR) is 86.1 cm³/mol. The number of benzene rings is 1. The lowest BCUT2D eigenvalue weighted by Gasteiger charge is -2.30. The third kappa shape index (κ3) is 5.21. The highest BCUT2D eigenvalue weighted by Crippen LogP contribution is 2.30. The maximum atomic E-state index is 10.6. The van der Waals surface area contributed by atoms with Crippen molar-refractivity contribution in [2.45, 2.75) is 39.8 Å². The van der Waals surface area contributed by atoms with Gasteiger partial charge in [0.15, 0.2) is 0 Å². The van der Waals surface area contributed by atoms with E-state index in [2.05, 4.69) is 32.6 Å². The summed E-state index contributed by atoms with van der Waals surface area (Å²) in [4.78, 5) is 2.29. The molecule has 0 aliphatic heterocycles. The number of hydrogen-bond acceptors (Lipinski definition) is 4. The number of rotatable bonds is 8. The fourth-order valence-corrected chi connectivity index (χ4v) is 2.38. The Hall–Kier alpha value is -1.26. The van der Waals surface area contributed by atoms with Gasteiger partial charge in [0, 0.05) is 30.8 Å². The van der Waals surface area contributed by atoms with Crippen molar-refractivity contribution in [2.24, 2.45) is 5.92 Å². The van der Waals surface area contributed by atoms with Crippen LogP contribution in [0, 0.1) is 5.92 Å². The van der Waals surface area contributed by atoms with Crippen LogP contribution in [0.1, 0.15) is 39.4 Å². The van der Waals surface area contributed by atoms with Gasteiger partial charge in [0.2, 0.25) is 0 Å². The third-order valence-corrected chi connectivity index (χ3v) is 3.54. The summed E-state index contributed by atoms with van der Waals surface area (Å²) in [5.41, 5.74) is 0.799. The molecule has 0 aliphatic carbocycles. The van der Waals surface area contributed by atoms with Gasteiger partial charge in [0.05, 0.1) is 20.3 Å². The molecule has 0 spiro atoms. The second kappa shape index (κ2) is 8.25. The van der Waals surface area contributed by atoms with Crippen LogP contribution >= 0.6 is 0 Å². The molecule has 0 aromatic heterocycles. The fourth-order valence-electron chi connectivity index (χ4n) is 2.38. The number of ether oxygens (including phenoxy) is 2. The van der Waals surface area contributed by atoms with Crippen molar-refractivity contribution in [3.05, 3.63) is 23.8 Å². The fraction of sp³-hybridized carbons (Fsp3) is 0.647. The molecule has 0 bridgehead atoms. The monoisotopic (exact) mass is 295 g/mol. The van der Waals surface area contributed by atoms with Gasteiger partial charge >= 0.3 is 0 Å². The van der Waals surface area contributed by atoms with Crippen molar-refractivity contribution < 1.29 is 14.6 Å². The smallest absolute Gasteiger partial charge is 0.128 e. The van der Waals surface area contributed by atoms with Crippen LogP contribution < -0.4 is 9.47 Å². The molecular formula is C17H29NO3. The Bertz CT molecular complexity index is 432. The van der Waals surface area contributed by atoms with E-state index in [4.69, 9.17) is 9.47 Å². The zero-order valence-electron chi connectivity index (χ0n) is 14.1. The normalized spacial score (nSPS) is 13.0. The second-order valence-corrected chi connectivity index (χ2v) is 6.07. The number of nitrogens with zero attached hydrogens (tertiary/aromatic N) is 1. The Balaban J connectivity index is 2.88. The summed E-state index contributed by atoms with van der Waals surface area (Å²) in [7, 11) is 3.23. The quantitative estimate of drug-likeness (QED) is 0.800. The van der Waals surface area contributed by atoms with Gasteiger partial charge in [-0.1, -0.05) is 13.8 Å². The third-order valence-electron chi connectivity index (χ3n) is 3.54. The van der Waals surface area contributed by atoms with Gasteiger partial charge in [-0.3, -0.25) is 4.90 Å². The molecule has 4 nitrogen and oxygen atoms in total. The molecule has 120 valence electrons. The van der Waals surface area contributed by atoms with Gasteiger partial charge in [-0.15, -0.1) is 0 Å². The summed E-state index contributed by atoms with van der Waals surface area (Å²) in [6, 6.07) is 5.92. The van der Waals surface area contributed by atoms with Crippen LogP contribution in [0.3, 0.4) is 0 Å². The summed E-state index contributed by atoms with van der Waals surface area (Å²) >= 11 is 0. The van der Waals surface area contributed by atoms with Crippen LogP contribution in [-0.2, 0) is 0 Å². The lowest BCUT2D eigenvalue weighted by atomic mass is 10.1. The first-order chi connectivity index (χ1) is 9.88. The zero-order valence-corrected chi connectivity index (χ0v) is 14.1. The minimum atomic E-state index is -0.577. The molecule has 1 aromatic carbocycles. The first-order valence-electron chi connectivity index (χ1n) is 7.53. The van der Waals surface area contributed by atoms with E-state index in [9.17, 15) is 5.11 Å². The first-order valence-corrected chi connectivity index (χ1v) is 7.53. The molecule has 1 rings (SSSR count). The Labute approximate surface area is 128 Å². The van der Waals surface area contributed by atoms with Gasteiger partial charge in [-0.2, -0.15) is 0 Å². The van der Waals surface area contributed by atoms with Gasteiger partial charge in [0.1, 0.15) is 11.5 Å². The van der Waals surface area contributed by atoms with Crippen LogP contribution in [0.5, 0.6) is 11.5 Å². The zero-order chi connectivity index (χ0) is 16.0. The molecule has 0 heterocycles. The van der Waals surface area contributed by atoms with E-state index in [1.165, 1.54) is 0 Å². The van der Waals surface area contributed by atoms with E-state index >= 15 is 0 Å². The van der Waals surface area contributed by atoms with Gasteiger partial charge < -0.3 is 14.6 Å². The lowest BCUT2D eigenvalue weighted by molar-refractivity contribution is 0.0859. The highest BCUT2D eigenvalue weighted by Gasteiger charge is 2.20. The minimum absolute atomic E-state index is 0.395. The topological polar surface area (TPSA) is 41.9 Å². The summed E-state index contributed by atoms with van der Waals surface area (Å²) < 4.78 is 10.6. The predicted octanol–water partition coefficient (Wildman–Crippen LogP) is 3.10. The number of aliphatic hydroxyl groups excluding tert-OH is 1. The van der Waals surface area contributed by atoms with Crippen molar-refractivity contribution >= 4 is 0 Å². The molecule has 1 atom stereocenters. The van der Waals surface area contributed by atoms with E-state index in [1.807, 2.05) is 12.1 Å². The van der Waals surface area contributed by atoms with Crippen molar-refractivity contribution in [1.29, 1.82) is 0 Å². The largest absolute Gasteiger partial charge is 0.497 e. The molecule has 0 amide bonds. The van der Waals surface area contributed by atoms with Gasteiger partial charge in [0.25, 0.3) is 0 Å². The SMILES string of the molecule is COc1ccc(C(O)CN(CC(C)C)C(C)C)c(OC)c1. The van der Waals surface area contributed by atoms with Crippen LogP contribution in [-0.4, -0.2) is 43.4 Å². The molecule has 1 N–H and O–H groups in total. The molecule has 0 fully saturated rings. The highest BCUT2D eigenvalue weighted by molar-refractivity contribution is 5.42. The standard InChI is InChI=1S/C17H29NO3/c1-12(2)10-18(13(3)4)11-16(19)15-8-7-14(20-5)9-17(15)21-6/h7-9,12-13,16,19H,10-11H2,1-6H3. The van der Waals surface area contributed by atoms with Crippen molar-refractivity contribution in [1.82, 2.24) is 4.90 Å². The van der Waals surface area contributed by atoms with Gasteiger partial charge in [-0.05, 0) is 31.9 Å². The molecule has 4 heteroatoms. The summed E-state index contributed by atoms with van der Waals surface area (Å²) in [6.45, 7) is 10.2. The molecule has 0 saturated carbocycles. The highest BCUT2D eigenvalue weighted by atomic mass is 16.5. The van der Waals surface area contributed by atoms with Crippen LogP contribution in [0.4, 0.5) is 0 Å². The molecular weight excluding hydrogens is 266 g/mol.